The van der Waals surface area contributed by atoms with Crippen LogP contribution in [0.1, 0.15) is 34.6 Å². The fourth-order valence-corrected chi connectivity index (χ4v) is 2.55. The Morgan fingerprint density at radius 1 is 1.17 bits per heavy atom. The molecule has 0 unspecified atom stereocenters. The van der Waals surface area contributed by atoms with Crippen LogP contribution in [0.15, 0.2) is 18.2 Å². The quantitative estimate of drug-likeness (QED) is 0.860. The Hall–Kier alpha value is -2.11. The maximum atomic E-state index is 12.1. The molecule has 0 aliphatic carbocycles. The second-order valence-electron chi connectivity index (χ2n) is 7.34. The third-order valence-corrected chi connectivity index (χ3v) is 3.66. The van der Waals surface area contributed by atoms with Gasteiger partial charge in [-0.1, -0.05) is 0 Å². The van der Waals surface area contributed by atoms with Gasteiger partial charge in [-0.05, 0) is 46.8 Å². The number of rotatable bonds is 3. The summed E-state index contributed by atoms with van der Waals surface area (Å²) in [6.07, 6.45) is -0.171. The van der Waals surface area contributed by atoms with Crippen molar-refractivity contribution in [3.8, 4) is 5.75 Å². The van der Waals surface area contributed by atoms with Crippen LogP contribution in [0.25, 0.3) is 0 Å². The van der Waals surface area contributed by atoms with Crippen LogP contribution in [-0.4, -0.2) is 48.9 Å². The molecule has 6 heteroatoms. The molecule has 1 aromatic rings. The van der Waals surface area contributed by atoms with Gasteiger partial charge in [0.2, 0.25) is 0 Å². The summed E-state index contributed by atoms with van der Waals surface area (Å²) in [5.41, 5.74) is 7.21. The van der Waals surface area contributed by atoms with Crippen LogP contribution in [0, 0.1) is 0 Å². The average Bonchev–Trinajstić information content (AvgIpc) is 2.47. The molecule has 0 atom stereocenters. The molecular weight excluding hydrogens is 306 g/mol. The standard InChI is InChI=1S/C18H29N3O3/c1-13(2)23-16-12-14(6-7-15(16)19)20-8-10-21(11-9-20)17(22)24-18(3,4)5/h6-7,12-13H,8-11,19H2,1-5H3. The largest absolute Gasteiger partial charge is 0.489 e. The van der Waals surface area contributed by atoms with Crippen LogP contribution in [0.5, 0.6) is 5.75 Å². The molecule has 1 amide bonds. The van der Waals surface area contributed by atoms with Crippen molar-refractivity contribution < 1.29 is 14.3 Å². The number of ether oxygens (including phenoxy) is 2. The average molecular weight is 335 g/mol. The van der Waals surface area contributed by atoms with E-state index in [0.717, 1.165) is 18.8 Å². The Balaban J connectivity index is 1.98. The predicted molar refractivity (Wildman–Crippen MR) is 96.6 cm³/mol. The summed E-state index contributed by atoms with van der Waals surface area (Å²) in [5.74, 6) is 0.706. The number of hydrogen-bond acceptors (Lipinski definition) is 5. The molecule has 134 valence electrons. The van der Waals surface area contributed by atoms with E-state index in [1.54, 1.807) is 4.90 Å². The lowest BCUT2D eigenvalue weighted by molar-refractivity contribution is 0.0240. The zero-order valence-corrected chi connectivity index (χ0v) is 15.3. The first-order valence-electron chi connectivity index (χ1n) is 8.45. The second kappa shape index (κ2) is 7.20. The van der Waals surface area contributed by atoms with Crippen LogP contribution in [0.3, 0.4) is 0 Å². The molecule has 1 aromatic carbocycles. The van der Waals surface area contributed by atoms with Gasteiger partial charge in [-0.2, -0.15) is 0 Å². The van der Waals surface area contributed by atoms with Gasteiger partial charge < -0.3 is 25.0 Å². The monoisotopic (exact) mass is 335 g/mol. The van der Waals surface area contributed by atoms with Crippen molar-refractivity contribution in [2.24, 2.45) is 0 Å². The van der Waals surface area contributed by atoms with Gasteiger partial charge in [0.15, 0.2) is 0 Å². The third-order valence-electron chi connectivity index (χ3n) is 3.66. The molecule has 1 saturated heterocycles. The summed E-state index contributed by atoms with van der Waals surface area (Å²) in [7, 11) is 0. The van der Waals surface area contributed by atoms with E-state index >= 15 is 0 Å². The summed E-state index contributed by atoms with van der Waals surface area (Å²) in [5, 5.41) is 0. The number of benzene rings is 1. The molecule has 0 saturated carbocycles. The normalized spacial score (nSPS) is 15.6. The number of anilines is 2. The van der Waals surface area contributed by atoms with Crippen LogP contribution >= 0.6 is 0 Å². The van der Waals surface area contributed by atoms with Crippen LogP contribution in [-0.2, 0) is 4.74 Å². The Kier molecular flexibility index (Phi) is 5.47. The molecule has 2 N–H and O–H groups in total. The number of carbonyl (C=O) groups excluding carboxylic acids is 1. The summed E-state index contributed by atoms with van der Waals surface area (Å²) >= 11 is 0. The van der Waals surface area contributed by atoms with Crippen LogP contribution in [0.4, 0.5) is 16.2 Å². The van der Waals surface area contributed by atoms with Crippen molar-refractivity contribution in [2.45, 2.75) is 46.3 Å². The number of piperazine rings is 1. The SMILES string of the molecule is CC(C)Oc1cc(N2CCN(C(=O)OC(C)(C)C)CC2)ccc1N. The molecule has 1 aliphatic rings. The van der Waals surface area contributed by atoms with Crippen molar-refractivity contribution in [2.75, 3.05) is 36.8 Å². The van der Waals surface area contributed by atoms with Crippen LogP contribution < -0.4 is 15.4 Å². The van der Waals surface area contributed by atoms with E-state index < -0.39 is 5.60 Å². The van der Waals surface area contributed by atoms with E-state index in [0.29, 0.717) is 24.5 Å². The fraction of sp³-hybridized carbons (Fsp3) is 0.611. The number of nitrogen functional groups attached to an aromatic ring is 1. The summed E-state index contributed by atoms with van der Waals surface area (Å²) in [6.45, 7) is 12.4. The van der Waals surface area contributed by atoms with Crippen molar-refractivity contribution in [3.05, 3.63) is 18.2 Å². The molecule has 1 heterocycles. The highest BCUT2D eigenvalue weighted by Crippen LogP contribution is 2.29. The molecule has 1 fully saturated rings. The zero-order chi connectivity index (χ0) is 17.9. The highest BCUT2D eigenvalue weighted by Gasteiger charge is 2.26. The lowest BCUT2D eigenvalue weighted by Gasteiger charge is -2.37. The maximum Gasteiger partial charge on any atom is 0.410 e. The Labute approximate surface area is 144 Å². The zero-order valence-electron chi connectivity index (χ0n) is 15.3. The first-order valence-corrected chi connectivity index (χ1v) is 8.45. The van der Waals surface area contributed by atoms with Gasteiger partial charge in [-0.15, -0.1) is 0 Å². The molecule has 0 bridgehead atoms. The lowest BCUT2D eigenvalue weighted by Crippen LogP contribution is -2.50. The van der Waals surface area contributed by atoms with Gasteiger partial charge in [0.25, 0.3) is 0 Å². The Morgan fingerprint density at radius 2 is 1.79 bits per heavy atom. The molecule has 1 aliphatic heterocycles. The summed E-state index contributed by atoms with van der Waals surface area (Å²) < 4.78 is 11.2. The van der Waals surface area contributed by atoms with E-state index in [-0.39, 0.29) is 12.2 Å². The minimum atomic E-state index is -0.464. The number of hydrogen-bond donors (Lipinski definition) is 1. The van der Waals surface area contributed by atoms with E-state index in [9.17, 15) is 4.79 Å². The topological polar surface area (TPSA) is 68.0 Å². The second-order valence-corrected chi connectivity index (χ2v) is 7.34. The summed E-state index contributed by atoms with van der Waals surface area (Å²) in [6, 6.07) is 5.83. The molecule has 2 rings (SSSR count). The Morgan fingerprint density at radius 3 is 2.33 bits per heavy atom. The van der Waals surface area contributed by atoms with E-state index in [4.69, 9.17) is 15.2 Å². The first kappa shape index (κ1) is 18.2. The molecule has 24 heavy (non-hydrogen) atoms. The van der Waals surface area contributed by atoms with Gasteiger partial charge in [0.1, 0.15) is 11.4 Å². The van der Waals surface area contributed by atoms with Crippen molar-refractivity contribution in [1.82, 2.24) is 4.90 Å². The number of amides is 1. The van der Waals surface area contributed by atoms with Crippen molar-refractivity contribution in [1.29, 1.82) is 0 Å². The minimum Gasteiger partial charge on any atom is -0.489 e. The number of carbonyl (C=O) groups is 1. The van der Waals surface area contributed by atoms with E-state index in [2.05, 4.69) is 4.90 Å². The maximum absolute atomic E-state index is 12.1. The lowest BCUT2D eigenvalue weighted by atomic mass is 10.2. The predicted octanol–water partition coefficient (Wildman–Crippen LogP) is 3.11. The smallest absolute Gasteiger partial charge is 0.410 e. The van der Waals surface area contributed by atoms with E-state index in [1.807, 2.05) is 52.8 Å². The van der Waals surface area contributed by atoms with Crippen LogP contribution in [0.2, 0.25) is 0 Å². The van der Waals surface area contributed by atoms with E-state index in [1.165, 1.54) is 0 Å². The number of nitrogens with zero attached hydrogens (tertiary/aromatic N) is 2. The third kappa shape index (κ3) is 4.94. The molecule has 0 aromatic heterocycles. The van der Waals surface area contributed by atoms with Gasteiger partial charge in [0, 0.05) is 37.9 Å². The Bertz CT molecular complexity index is 573. The highest BCUT2D eigenvalue weighted by atomic mass is 16.6. The van der Waals surface area contributed by atoms with Gasteiger partial charge in [0.05, 0.1) is 11.8 Å². The van der Waals surface area contributed by atoms with Gasteiger partial charge >= 0.3 is 6.09 Å². The molecular formula is C18H29N3O3. The molecule has 6 nitrogen and oxygen atoms in total. The minimum absolute atomic E-state index is 0.0755. The van der Waals surface area contributed by atoms with Crippen molar-refractivity contribution >= 4 is 17.5 Å². The van der Waals surface area contributed by atoms with Crippen molar-refractivity contribution in [3.63, 3.8) is 0 Å². The molecule has 0 radical (unpaired) electrons. The number of nitrogens with two attached hydrogens (primary N) is 1. The van der Waals surface area contributed by atoms with Gasteiger partial charge in [-0.3, -0.25) is 0 Å². The summed E-state index contributed by atoms with van der Waals surface area (Å²) in [4.78, 5) is 16.1. The fourth-order valence-electron chi connectivity index (χ4n) is 2.55. The highest BCUT2D eigenvalue weighted by molar-refractivity contribution is 5.69. The molecule has 0 spiro atoms. The van der Waals surface area contributed by atoms with Gasteiger partial charge in [-0.25, -0.2) is 4.79 Å². The first-order chi connectivity index (χ1) is 11.2.